The van der Waals surface area contributed by atoms with Crippen molar-refractivity contribution in [1.29, 1.82) is 0 Å². The number of hydrogen-bond acceptors (Lipinski definition) is 3. The molecule has 0 bridgehead atoms. The highest BCUT2D eigenvalue weighted by atomic mass is 16.4. The molecule has 5 nitrogen and oxygen atoms in total. The minimum absolute atomic E-state index is 0.197. The molecule has 2 atom stereocenters. The minimum Gasteiger partial charge on any atom is -0.481 e. The van der Waals surface area contributed by atoms with Crippen LogP contribution < -0.4 is 0 Å². The average Bonchev–Trinajstić information content (AvgIpc) is 2.84. The third-order valence-electron chi connectivity index (χ3n) is 3.26. The topological polar surface area (TPSA) is 68.0 Å². The molecule has 1 fully saturated rings. The number of carbonyl (C=O) groups is 1. The fourth-order valence-corrected chi connectivity index (χ4v) is 2.43. The Hall–Kier alpha value is -1.39. The Labute approximate surface area is 94.5 Å². The van der Waals surface area contributed by atoms with Crippen molar-refractivity contribution in [3.05, 3.63) is 12.2 Å². The molecular formula is C11H17N3O2. The van der Waals surface area contributed by atoms with Crippen LogP contribution in [0.15, 0.2) is 6.33 Å². The van der Waals surface area contributed by atoms with Gasteiger partial charge in [-0.3, -0.25) is 4.79 Å². The van der Waals surface area contributed by atoms with Crippen LogP contribution in [-0.2, 0) is 11.3 Å². The number of aliphatic carboxylic acids is 1. The lowest BCUT2D eigenvalue weighted by Crippen LogP contribution is -2.11. The molecule has 0 aliphatic heterocycles. The molecule has 0 saturated heterocycles. The second kappa shape index (κ2) is 4.63. The van der Waals surface area contributed by atoms with Crippen molar-refractivity contribution < 1.29 is 9.90 Å². The van der Waals surface area contributed by atoms with E-state index in [4.69, 9.17) is 5.11 Å². The molecule has 0 spiro atoms. The van der Waals surface area contributed by atoms with Crippen molar-refractivity contribution in [3.63, 3.8) is 0 Å². The summed E-state index contributed by atoms with van der Waals surface area (Å²) < 4.78 is 2.05. The van der Waals surface area contributed by atoms with Crippen molar-refractivity contribution in [1.82, 2.24) is 14.8 Å². The summed E-state index contributed by atoms with van der Waals surface area (Å²) in [5.74, 6) is 0.363. The lowest BCUT2D eigenvalue weighted by molar-refractivity contribution is -0.141. The zero-order valence-corrected chi connectivity index (χ0v) is 9.46. The van der Waals surface area contributed by atoms with Gasteiger partial charge in [0.25, 0.3) is 0 Å². The maximum atomic E-state index is 10.9. The Balaban J connectivity index is 2.08. The molecule has 1 aromatic rings. The second-order valence-corrected chi connectivity index (χ2v) is 4.43. The van der Waals surface area contributed by atoms with E-state index in [9.17, 15) is 4.79 Å². The van der Waals surface area contributed by atoms with Crippen LogP contribution in [0.3, 0.4) is 0 Å². The first-order valence-electron chi connectivity index (χ1n) is 5.83. The van der Waals surface area contributed by atoms with Gasteiger partial charge in [0.15, 0.2) is 0 Å². The minimum atomic E-state index is -0.677. The van der Waals surface area contributed by atoms with Gasteiger partial charge in [-0.05, 0) is 25.7 Å². The number of aromatic nitrogens is 3. The van der Waals surface area contributed by atoms with Gasteiger partial charge in [-0.25, -0.2) is 0 Å². The summed E-state index contributed by atoms with van der Waals surface area (Å²) in [4.78, 5) is 10.9. The molecule has 0 amide bonds. The van der Waals surface area contributed by atoms with Crippen molar-refractivity contribution >= 4 is 5.97 Å². The van der Waals surface area contributed by atoms with Crippen LogP contribution in [0.1, 0.15) is 44.3 Å². The molecule has 1 aliphatic carbocycles. The van der Waals surface area contributed by atoms with Crippen LogP contribution in [0.4, 0.5) is 0 Å². The van der Waals surface area contributed by atoms with Gasteiger partial charge in [0, 0.05) is 12.5 Å². The second-order valence-electron chi connectivity index (χ2n) is 4.43. The number of nitrogens with zero attached hydrogens (tertiary/aromatic N) is 3. The molecule has 16 heavy (non-hydrogen) atoms. The molecular weight excluding hydrogens is 206 g/mol. The first-order valence-corrected chi connectivity index (χ1v) is 5.83. The summed E-state index contributed by atoms with van der Waals surface area (Å²) in [6.45, 7) is 3.02. The van der Waals surface area contributed by atoms with Gasteiger partial charge in [0.1, 0.15) is 12.2 Å². The highest BCUT2D eigenvalue weighted by Gasteiger charge is 2.32. The molecule has 0 radical (unpaired) electrons. The quantitative estimate of drug-likeness (QED) is 0.842. The zero-order chi connectivity index (χ0) is 11.5. The molecule has 1 aromatic heterocycles. The van der Waals surface area contributed by atoms with E-state index in [0.717, 1.165) is 31.6 Å². The molecule has 2 rings (SSSR count). The number of hydrogen-bond donors (Lipinski definition) is 1. The van der Waals surface area contributed by atoms with Gasteiger partial charge in [0.2, 0.25) is 0 Å². The van der Waals surface area contributed by atoms with Gasteiger partial charge in [-0.2, -0.15) is 0 Å². The summed E-state index contributed by atoms with van der Waals surface area (Å²) in [6, 6.07) is 0. The number of carboxylic acids is 1. The van der Waals surface area contributed by atoms with Crippen molar-refractivity contribution in [3.8, 4) is 0 Å². The summed E-state index contributed by atoms with van der Waals surface area (Å²) in [5, 5.41) is 17.0. The summed E-state index contributed by atoms with van der Waals surface area (Å²) in [6.07, 6.45) is 5.17. The van der Waals surface area contributed by atoms with Crippen molar-refractivity contribution in [2.75, 3.05) is 0 Å². The van der Waals surface area contributed by atoms with Crippen molar-refractivity contribution in [2.45, 2.75) is 45.1 Å². The van der Waals surface area contributed by atoms with Crippen molar-refractivity contribution in [2.24, 2.45) is 5.92 Å². The predicted octanol–water partition coefficient (Wildman–Crippen LogP) is 1.66. The van der Waals surface area contributed by atoms with Crippen LogP contribution in [0.25, 0.3) is 0 Å². The SMILES string of the molecule is CCCn1cnnc1C1CCC(C(=O)O)C1. The number of carboxylic acid groups (broad SMARTS) is 1. The molecule has 5 heteroatoms. The van der Waals surface area contributed by atoms with Crippen LogP contribution in [0.5, 0.6) is 0 Å². The fraction of sp³-hybridized carbons (Fsp3) is 0.727. The van der Waals surface area contributed by atoms with Crippen LogP contribution >= 0.6 is 0 Å². The van der Waals surface area contributed by atoms with E-state index in [2.05, 4.69) is 21.7 Å². The molecule has 1 saturated carbocycles. The fourth-order valence-electron chi connectivity index (χ4n) is 2.43. The Morgan fingerprint density at radius 2 is 2.44 bits per heavy atom. The standard InChI is InChI=1S/C11H17N3O2/c1-2-5-14-7-12-13-10(14)8-3-4-9(6-8)11(15)16/h7-9H,2-6H2,1H3,(H,15,16). The van der Waals surface area contributed by atoms with E-state index >= 15 is 0 Å². The maximum Gasteiger partial charge on any atom is 0.306 e. The third kappa shape index (κ3) is 2.08. The van der Waals surface area contributed by atoms with E-state index in [1.165, 1.54) is 0 Å². The molecule has 0 aromatic carbocycles. The molecule has 88 valence electrons. The van der Waals surface area contributed by atoms with Gasteiger partial charge in [-0.1, -0.05) is 6.92 Å². The highest BCUT2D eigenvalue weighted by Crippen LogP contribution is 2.37. The zero-order valence-electron chi connectivity index (χ0n) is 9.46. The normalized spacial score (nSPS) is 24.8. The Morgan fingerprint density at radius 3 is 3.06 bits per heavy atom. The van der Waals surface area contributed by atoms with Gasteiger partial charge in [-0.15, -0.1) is 10.2 Å². The molecule has 1 aliphatic rings. The largest absolute Gasteiger partial charge is 0.481 e. The van der Waals surface area contributed by atoms with Gasteiger partial charge in [0.05, 0.1) is 5.92 Å². The van der Waals surface area contributed by atoms with E-state index in [1.54, 1.807) is 6.33 Å². The third-order valence-corrected chi connectivity index (χ3v) is 3.26. The van der Waals surface area contributed by atoms with Crippen LogP contribution in [0.2, 0.25) is 0 Å². The molecule has 2 unspecified atom stereocenters. The van der Waals surface area contributed by atoms with E-state index in [0.29, 0.717) is 6.42 Å². The average molecular weight is 223 g/mol. The summed E-state index contributed by atoms with van der Waals surface area (Å²) in [7, 11) is 0. The van der Waals surface area contributed by atoms with Gasteiger partial charge >= 0.3 is 5.97 Å². The molecule has 1 N–H and O–H groups in total. The highest BCUT2D eigenvalue weighted by molar-refractivity contribution is 5.70. The first kappa shape index (κ1) is 11.1. The van der Waals surface area contributed by atoms with Crippen LogP contribution in [-0.4, -0.2) is 25.8 Å². The Kier molecular flexibility index (Phi) is 3.22. The van der Waals surface area contributed by atoms with Crippen LogP contribution in [0, 0.1) is 5.92 Å². The molecule has 1 heterocycles. The van der Waals surface area contributed by atoms with Gasteiger partial charge < -0.3 is 9.67 Å². The Morgan fingerprint density at radius 1 is 1.62 bits per heavy atom. The smallest absolute Gasteiger partial charge is 0.306 e. The van der Waals surface area contributed by atoms with E-state index in [-0.39, 0.29) is 11.8 Å². The Bertz CT molecular complexity index is 375. The first-order chi connectivity index (χ1) is 7.72. The van der Waals surface area contributed by atoms with E-state index in [1.807, 2.05) is 0 Å². The monoisotopic (exact) mass is 223 g/mol. The summed E-state index contributed by atoms with van der Waals surface area (Å²) >= 11 is 0. The maximum absolute atomic E-state index is 10.9. The van der Waals surface area contributed by atoms with E-state index < -0.39 is 5.97 Å². The summed E-state index contributed by atoms with van der Waals surface area (Å²) in [5.41, 5.74) is 0. The lowest BCUT2D eigenvalue weighted by atomic mass is 10.0. The lowest BCUT2D eigenvalue weighted by Gasteiger charge is -2.10. The number of aryl methyl sites for hydroxylation is 1. The number of rotatable bonds is 4. The predicted molar refractivity (Wildman–Crippen MR) is 58.0 cm³/mol.